The lowest BCUT2D eigenvalue weighted by atomic mass is 9.86. The molecule has 0 aromatic heterocycles. The highest BCUT2D eigenvalue weighted by Gasteiger charge is 2.22. The molecule has 1 aromatic carbocycles. The number of halogens is 3. The monoisotopic (exact) mass is 258 g/mol. The molecule has 0 heterocycles. The van der Waals surface area contributed by atoms with Crippen molar-refractivity contribution in [3.8, 4) is 5.75 Å². The lowest BCUT2D eigenvalue weighted by Gasteiger charge is -2.16. The number of ether oxygens (including phenoxy) is 1. The van der Waals surface area contributed by atoms with Crippen LogP contribution in [-0.2, 0) is 0 Å². The van der Waals surface area contributed by atoms with E-state index >= 15 is 0 Å². The van der Waals surface area contributed by atoms with Crippen molar-refractivity contribution < 1.29 is 22.7 Å². The third kappa shape index (κ3) is 3.61. The van der Waals surface area contributed by atoms with Crippen molar-refractivity contribution in [1.29, 1.82) is 0 Å². The Kier molecular flexibility index (Phi) is 4.16. The number of rotatable bonds is 3. The molecule has 1 aromatic rings. The molecule has 0 spiro atoms. The van der Waals surface area contributed by atoms with Crippen molar-refractivity contribution in [2.75, 3.05) is 0 Å². The van der Waals surface area contributed by atoms with E-state index in [0.29, 0.717) is 5.56 Å². The van der Waals surface area contributed by atoms with Gasteiger partial charge < -0.3 is 4.74 Å². The molecule has 0 aliphatic carbocycles. The number of carbonyl (C=O) groups is 1. The molecule has 0 saturated heterocycles. The molecule has 0 radical (unpaired) electrons. The molecule has 0 amide bonds. The third-order valence-electron chi connectivity index (χ3n) is 2.15. The van der Waals surface area contributed by atoms with Gasteiger partial charge in [-0.2, -0.15) is 13.2 Å². The Balaban J connectivity index is 2.88. The highest BCUT2D eigenvalue weighted by Crippen LogP contribution is 2.24. The SMILES string of the molecule is CC(C)(C)C(=O)c1ccc(OC(F)=C(F)F)cc1. The van der Waals surface area contributed by atoms with Crippen LogP contribution in [0.5, 0.6) is 5.75 Å². The van der Waals surface area contributed by atoms with Gasteiger partial charge in [0.25, 0.3) is 0 Å². The molecule has 0 bridgehead atoms. The minimum Gasteiger partial charge on any atom is -0.428 e. The van der Waals surface area contributed by atoms with E-state index in [4.69, 9.17) is 0 Å². The molecule has 2 nitrogen and oxygen atoms in total. The van der Waals surface area contributed by atoms with Gasteiger partial charge in [0.2, 0.25) is 0 Å². The van der Waals surface area contributed by atoms with Crippen LogP contribution in [0.15, 0.2) is 36.4 Å². The van der Waals surface area contributed by atoms with Crippen LogP contribution in [0.2, 0.25) is 0 Å². The van der Waals surface area contributed by atoms with Gasteiger partial charge in [-0.1, -0.05) is 20.8 Å². The molecule has 98 valence electrons. The third-order valence-corrected chi connectivity index (χ3v) is 2.15. The summed E-state index contributed by atoms with van der Waals surface area (Å²) in [6.07, 6.45) is -2.52. The standard InChI is InChI=1S/C13H13F3O2/c1-13(2,3)10(17)8-4-6-9(7-5-8)18-12(16)11(14)15/h4-7H,1-3H3. The molecule has 0 unspecified atom stereocenters. The quantitative estimate of drug-likeness (QED) is 0.595. The number of hydrogen-bond acceptors (Lipinski definition) is 2. The molecule has 5 heteroatoms. The van der Waals surface area contributed by atoms with Crippen molar-refractivity contribution in [2.24, 2.45) is 5.41 Å². The van der Waals surface area contributed by atoms with E-state index in [1.807, 2.05) is 0 Å². The number of hydrogen-bond donors (Lipinski definition) is 0. The van der Waals surface area contributed by atoms with Crippen molar-refractivity contribution in [1.82, 2.24) is 0 Å². The summed E-state index contributed by atoms with van der Waals surface area (Å²) in [7, 11) is 0. The number of ketones is 1. The molecule has 1 rings (SSSR count). The second-order valence-electron chi connectivity index (χ2n) is 4.74. The van der Waals surface area contributed by atoms with Gasteiger partial charge in [0.05, 0.1) is 0 Å². The van der Waals surface area contributed by atoms with Crippen LogP contribution in [0, 0.1) is 5.41 Å². The maximum atomic E-state index is 12.5. The topological polar surface area (TPSA) is 26.3 Å². The van der Waals surface area contributed by atoms with Gasteiger partial charge in [0, 0.05) is 11.0 Å². The van der Waals surface area contributed by atoms with Crippen molar-refractivity contribution in [3.05, 3.63) is 41.9 Å². The van der Waals surface area contributed by atoms with Gasteiger partial charge in [-0.05, 0) is 24.3 Å². The van der Waals surface area contributed by atoms with Crippen LogP contribution in [0.3, 0.4) is 0 Å². The highest BCUT2D eigenvalue weighted by molar-refractivity contribution is 5.99. The normalized spacial score (nSPS) is 11.0. The lowest BCUT2D eigenvalue weighted by Crippen LogP contribution is -2.19. The van der Waals surface area contributed by atoms with Gasteiger partial charge in [0.15, 0.2) is 5.78 Å². The second-order valence-corrected chi connectivity index (χ2v) is 4.74. The van der Waals surface area contributed by atoms with Gasteiger partial charge in [-0.15, -0.1) is 0 Å². The summed E-state index contributed by atoms with van der Waals surface area (Å²) in [5, 5.41) is 0. The smallest absolute Gasteiger partial charge is 0.344 e. The average Bonchev–Trinajstić information content (AvgIpc) is 2.27. The van der Waals surface area contributed by atoms with Gasteiger partial charge >= 0.3 is 12.1 Å². The van der Waals surface area contributed by atoms with E-state index in [1.54, 1.807) is 20.8 Å². The predicted octanol–water partition coefficient (Wildman–Crippen LogP) is 4.33. The molecule has 0 saturated carbocycles. The number of benzene rings is 1. The molecule has 18 heavy (non-hydrogen) atoms. The first-order valence-corrected chi connectivity index (χ1v) is 5.25. The molecule has 0 N–H and O–H groups in total. The first-order chi connectivity index (χ1) is 8.21. The van der Waals surface area contributed by atoms with E-state index in [0.717, 1.165) is 0 Å². The minimum atomic E-state index is -2.52. The highest BCUT2D eigenvalue weighted by atomic mass is 19.3. The number of Topliss-reactive ketones (excluding diaryl/α,β-unsaturated/α-hetero) is 1. The Hall–Kier alpha value is -1.78. The van der Waals surface area contributed by atoms with Gasteiger partial charge in [-0.25, -0.2) is 0 Å². The fourth-order valence-corrected chi connectivity index (χ4v) is 1.25. The maximum Gasteiger partial charge on any atom is 0.344 e. The zero-order chi connectivity index (χ0) is 13.9. The zero-order valence-corrected chi connectivity index (χ0v) is 10.3. The summed E-state index contributed by atoms with van der Waals surface area (Å²) in [5.41, 5.74) is -0.126. The maximum absolute atomic E-state index is 12.5. The Labute approximate surface area is 103 Å². The average molecular weight is 258 g/mol. The Morgan fingerprint density at radius 3 is 1.94 bits per heavy atom. The van der Waals surface area contributed by atoms with Crippen LogP contribution in [0.1, 0.15) is 31.1 Å². The van der Waals surface area contributed by atoms with Crippen LogP contribution >= 0.6 is 0 Å². The minimum absolute atomic E-state index is 0.0919. The Bertz CT molecular complexity index is 466. The van der Waals surface area contributed by atoms with Crippen LogP contribution in [0.4, 0.5) is 13.2 Å². The molecule has 0 atom stereocenters. The van der Waals surface area contributed by atoms with Crippen molar-refractivity contribution in [3.63, 3.8) is 0 Å². The van der Waals surface area contributed by atoms with E-state index < -0.39 is 17.5 Å². The molecule has 0 fully saturated rings. The fraction of sp³-hybridized carbons (Fsp3) is 0.308. The van der Waals surface area contributed by atoms with E-state index in [2.05, 4.69) is 4.74 Å². The van der Waals surface area contributed by atoms with Crippen LogP contribution in [-0.4, -0.2) is 5.78 Å². The molecular formula is C13H13F3O2. The summed E-state index contributed by atoms with van der Waals surface area (Å²) in [6, 6.07) is 3.41. The summed E-state index contributed by atoms with van der Waals surface area (Å²) in [6.45, 7) is 5.29. The first kappa shape index (κ1) is 14.3. The van der Waals surface area contributed by atoms with E-state index in [1.165, 1.54) is 24.3 Å². The summed E-state index contributed by atoms with van der Waals surface area (Å²) in [5.74, 6) is -0.188. The van der Waals surface area contributed by atoms with E-state index in [9.17, 15) is 18.0 Å². The first-order valence-electron chi connectivity index (χ1n) is 5.25. The molecule has 0 aliphatic heterocycles. The van der Waals surface area contributed by atoms with Crippen LogP contribution in [0.25, 0.3) is 0 Å². The van der Waals surface area contributed by atoms with Crippen molar-refractivity contribution in [2.45, 2.75) is 20.8 Å². The molecule has 0 aliphatic rings. The van der Waals surface area contributed by atoms with Gasteiger partial charge in [-0.3, -0.25) is 4.79 Å². The van der Waals surface area contributed by atoms with Crippen LogP contribution < -0.4 is 4.74 Å². The van der Waals surface area contributed by atoms with Crippen molar-refractivity contribution >= 4 is 5.78 Å². The van der Waals surface area contributed by atoms with Gasteiger partial charge in [0.1, 0.15) is 5.75 Å². The van der Waals surface area contributed by atoms with E-state index in [-0.39, 0.29) is 11.5 Å². The molecular weight excluding hydrogens is 245 g/mol. The number of carbonyl (C=O) groups excluding carboxylic acids is 1. The largest absolute Gasteiger partial charge is 0.428 e. The Morgan fingerprint density at radius 2 is 1.56 bits per heavy atom. The Morgan fingerprint density at radius 1 is 1.06 bits per heavy atom. The summed E-state index contributed by atoms with van der Waals surface area (Å²) >= 11 is 0. The fourth-order valence-electron chi connectivity index (χ4n) is 1.25. The zero-order valence-electron chi connectivity index (χ0n) is 10.3. The lowest BCUT2D eigenvalue weighted by molar-refractivity contribution is 0.0858. The second kappa shape index (κ2) is 5.25. The summed E-state index contributed by atoms with van der Waals surface area (Å²) in [4.78, 5) is 11.9. The summed E-state index contributed by atoms with van der Waals surface area (Å²) < 4.78 is 40.4. The predicted molar refractivity (Wildman–Crippen MR) is 61.2 cm³/mol.